The number of unbranched alkanes of at least 4 members (excludes halogenated alkanes) is 1. The van der Waals surface area contributed by atoms with Gasteiger partial charge in [0.05, 0.1) is 0 Å². The highest BCUT2D eigenvalue weighted by molar-refractivity contribution is 5.44. The fourth-order valence-corrected chi connectivity index (χ4v) is 5.30. The van der Waals surface area contributed by atoms with Crippen molar-refractivity contribution in [3.8, 4) is 0 Å². The predicted octanol–water partition coefficient (Wildman–Crippen LogP) is 5.59. The van der Waals surface area contributed by atoms with Gasteiger partial charge in [0.25, 0.3) is 0 Å². The lowest BCUT2D eigenvalue weighted by Crippen LogP contribution is -2.33. The van der Waals surface area contributed by atoms with Crippen molar-refractivity contribution in [1.82, 2.24) is 0 Å². The molecule has 38 heavy (non-hydrogen) atoms. The first-order valence-electron chi connectivity index (χ1n) is 14.2. The molecule has 4 heteroatoms. The van der Waals surface area contributed by atoms with Crippen LogP contribution in [0.5, 0.6) is 0 Å². The van der Waals surface area contributed by atoms with Gasteiger partial charge in [-0.25, -0.2) is 9.13 Å². The summed E-state index contributed by atoms with van der Waals surface area (Å²) in [6, 6.07) is 27.2. The van der Waals surface area contributed by atoms with Gasteiger partial charge in [-0.1, -0.05) is 48.5 Å². The van der Waals surface area contributed by atoms with Crippen molar-refractivity contribution in [2.75, 3.05) is 37.0 Å². The molecule has 0 radical (unpaired) electrons. The van der Waals surface area contributed by atoms with Crippen LogP contribution in [0.3, 0.4) is 0 Å². The van der Waals surface area contributed by atoms with Crippen molar-refractivity contribution in [1.29, 1.82) is 0 Å². The lowest BCUT2D eigenvalue weighted by Gasteiger charge is -2.16. The van der Waals surface area contributed by atoms with Crippen molar-refractivity contribution in [3.05, 3.63) is 120 Å². The van der Waals surface area contributed by atoms with Gasteiger partial charge in [0.2, 0.25) is 0 Å². The number of hydrogen-bond acceptors (Lipinski definition) is 2. The molecule has 3 heterocycles. The summed E-state index contributed by atoms with van der Waals surface area (Å²) in [5.74, 6) is 0. The van der Waals surface area contributed by atoms with Crippen LogP contribution in [0.4, 0.5) is 11.4 Å². The van der Waals surface area contributed by atoms with E-state index >= 15 is 0 Å². The molecule has 0 saturated carbocycles. The van der Waals surface area contributed by atoms with Crippen molar-refractivity contribution in [3.63, 3.8) is 0 Å². The van der Waals surface area contributed by atoms with Gasteiger partial charge in [-0.3, -0.25) is 0 Å². The fourth-order valence-electron chi connectivity index (χ4n) is 5.30. The zero-order valence-electron chi connectivity index (χ0n) is 23.1. The minimum atomic E-state index is 0.909. The van der Waals surface area contributed by atoms with Crippen LogP contribution in [0, 0.1) is 0 Å². The number of hydrogen-bond donors (Lipinski definition) is 0. The number of nitrogens with zero attached hydrogens (tertiary/aromatic N) is 4. The molecule has 2 aromatic carbocycles. The molecule has 0 spiro atoms. The van der Waals surface area contributed by atoms with Crippen LogP contribution in [-0.4, -0.2) is 27.2 Å². The summed E-state index contributed by atoms with van der Waals surface area (Å²) in [5.41, 5.74) is 8.16. The van der Waals surface area contributed by atoms with E-state index in [1.165, 1.54) is 72.4 Å². The van der Waals surface area contributed by atoms with Gasteiger partial charge < -0.3 is 9.80 Å². The Hall–Kier alpha value is -3.66. The Morgan fingerprint density at radius 1 is 0.579 bits per heavy atom. The third-order valence-corrected chi connectivity index (χ3v) is 7.69. The second-order valence-electron chi connectivity index (χ2n) is 10.9. The van der Waals surface area contributed by atoms with Crippen LogP contribution in [0.2, 0.25) is 0 Å². The van der Waals surface area contributed by atoms with E-state index in [1.54, 1.807) is 0 Å². The van der Waals surface area contributed by atoms with Gasteiger partial charge >= 0.3 is 0 Å². The minimum Gasteiger partial charge on any atom is -0.377 e. The number of benzene rings is 2. The van der Waals surface area contributed by atoms with E-state index < -0.39 is 0 Å². The molecule has 0 atom stereocenters. The molecule has 0 N–H and O–H groups in total. The smallest absolute Gasteiger partial charge is 0.173 e. The molecular weight excluding hydrogens is 464 g/mol. The maximum absolute atomic E-state index is 2.49. The summed E-state index contributed by atoms with van der Waals surface area (Å²) in [4.78, 5) is 4.61. The van der Waals surface area contributed by atoms with E-state index in [4.69, 9.17) is 0 Å². The molecule has 2 aromatic heterocycles. The van der Waals surface area contributed by atoms with Crippen LogP contribution < -0.4 is 18.9 Å². The van der Waals surface area contributed by atoms with Crippen molar-refractivity contribution in [2.45, 2.75) is 51.6 Å². The Morgan fingerprint density at radius 3 is 1.45 bits per heavy atom. The van der Waals surface area contributed by atoms with Gasteiger partial charge in [0.15, 0.2) is 37.9 Å². The van der Waals surface area contributed by atoms with Crippen LogP contribution >= 0.6 is 0 Å². The maximum Gasteiger partial charge on any atom is 0.173 e. The van der Waals surface area contributed by atoms with Crippen LogP contribution in [0.15, 0.2) is 97.6 Å². The van der Waals surface area contributed by atoms with E-state index in [9.17, 15) is 0 Å². The first-order valence-corrected chi connectivity index (χ1v) is 14.2. The molecule has 5 rings (SSSR count). The topological polar surface area (TPSA) is 14.2 Å². The first kappa shape index (κ1) is 26.0. The monoisotopic (exact) mass is 506 g/mol. The van der Waals surface area contributed by atoms with Crippen LogP contribution in [-0.2, 0) is 25.9 Å². The molecule has 0 amide bonds. The van der Waals surface area contributed by atoms with Crippen molar-refractivity contribution >= 4 is 11.4 Å². The average Bonchev–Trinajstić information content (AvgIpc) is 3.49. The number of rotatable bonds is 11. The predicted molar refractivity (Wildman–Crippen MR) is 157 cm³/mol. The average molecular weight is 507 g/mol. The van der Waals surface area contributed by atoms with Crippen molar-refractivity contribution in [2.24, 2.45) is 0 Å². The van der Waals surface area contributed by atoms with E-state index in [-0.39, 0.29) is 0 Å². The third kappa shape index (κ3) is 7.22. The van der Waals surface area contributed by atoms with Gasteiger partial charge in [0, 0.05) is 74.0 Å². The summed E-state index contributed by atoms with van der Waals surface area (Å²) in [6.45, 7) is 4.23. The summed E-state index contributed by atoms with van der Waals surface area (Å²) in [7, 11) is 4.15. The molecule has 1 aliphatic rings. The molecule has 4 nitrogen and oxygen atoms in total. The summed E-state index contributed by atoms with van der Waals surface area (Å²) in [6.07, 6.45) is 16.1. The molecular formula is C34H42N4+2. The highest BCUT2D eigenvalue weighted by Gasteiger charge is 2.13. The number of aryl methyl sites for hydroxylation is 2. The van der Waals surface area contributed by atoms with Crippen molar-refractivity contribution < 1.29 is 9.13 Å². The van der Waals surface area contributed by atoms with Crippen LogP contribution in [0.1, 0.15) is 47.9 Å². The third-order valence-electron chi connectivity index (χ3n) is 7.69. The molecule has 0 aliphatic carbocycles. The second-order valence-corrected chi connectivity index (χ2v) is 10.9. The second kappa shape index (κ2) is 12.7. The SMILES string of the molecule is CN(C)c1cc[n+](Cc2ccc(CCCCc3ccc(C[n+]4ccc(N5CCCC5)cc4)cc3)cc2)cc1. The van der Waals surface area contributed by atoms with E-state index in [0.29, 0.717) is 0 Å². The summed E-state index contributed by atoms with van der Waals surface area (Å²) in [5, 5.41) is 0. The van der Waals surface area contributed by atoms with E-state index in [2.05, 4.69) is 131 Å². The largest absolute Gasteiger partial charge is 0.377 e. The number of anilines is 2. The molecule has 0 bridgehead atoms. The van der Waals surface area contributed by atoms with Gasteiger partial charge in [0.1, 0.15) is 0 Å². The summed E-state index contributed by atoms with van der Waals surface area (Å²) >= 11 is 0. The Bertz CT molecular complexity index is 1250. The number of aromatic nitrogens is 2. The van der Waals surface area contributed by atoms with Crippen LogP contribution in [0.25, 0.3) is 0 Å². The lowest BCUT2D eigenvalue weighted by atomic mass is 10.0. The van der Waals surface area contributed by atoms with Gasteiger partial charge in [-0.15, -0.1) is 0 Å². The molecule has 1 aliphatic heterocycles. The molecule has 1 fully saturated rings. The minimum absolute atomic E-state index is 0.909. The Labute approximate surface area is 228 Å². The van der Waals surface area contributed by atoms with Gasteiger partial charge in [-0.05, 0) is 49.7 Å². The van der Waals surface area contributed by atoms with Gasteiger partial charge in [-0.2, -0.15) is 0 Å². The Balaban J connectivity index is 1.03. The maximum atomic E-state index is 2.49. The lowest BCUT2D eigenvalue weighted by molar-refractivity contribution is -0.688. The van der Waals surface area contributed by atoms with E-state index in [1.807, 2.05) is 0 Å². The first-order chi connectivity index (χ1) is 18.6. The molecule has 1 saturated heterocycles. The molecule has 196 valence electrons. The zero-order chi connectivity index (χ0) is 26.2. The fraction of sp³-hybridized carbons (Fsp3) is 0.353. The normalized spacial score (nSPS) is 13.2. The standard InChI is InChI=1S/C34H42N4/c1-35(2)33-17-23-36(24-18-33)27-31-13-9-29(10-14-31)7-3-4-8-30-11-15-32(16-12-30)28-37-25-19-34(20-26-37)38-21-5-6-22-38/h9-20,23-26H,3-8,21-22,27-28H2,1-2H3/q+2. The Morgan fingerprint density at radius 2 is 1.00 bits per heavy atom. The highest BCUT2D eigenvalue weighted by atomic mass is 15.1. The molecule has 4 aromatic rings. The molecule has 0 unspecified atom stereocenters. The number of pyridine rings is 2. The van der Waals surface area contributed by atoms with E-state index in [0.717, 1.165) is 25.9 Å². The quantitative estimate of drug-likeness (QED) is 0.194. The zero-order valence-corrected chi connectivity index (χ0v) is 23.1. The Kier molecular flexibility index (Phi) is 8.70. The summed E-state index contributed by atoms with van der Waals surface area (Å²) < 4.78 is 4.51. The highest BCUT2D eigenvalue weighted by Crippen LogP contribution is 2.18.